The standard InChI is InChI=1S/C22H23N3O5S/c1-14(15-8-9-18-19(11-15)30-13-29-18)23-22(26)16-5-4-10-25(12-16)21-17-6-2-3-7-20(17)31(27,28)24-21/h2-3,6-9,11,14,16H,4-5,10,12-13H2,1H3,(H,23,26). The van der Waals surface area contributed by atoms with Crippen molar-refractivity contribution in [2.45, 2.75) is 30.7 Å². The zero-order chi connectivity index (χ0) is 21.6. The molecule has 2 aromatic carbocycles. The minimum atomic E-state index is -3.68. The Morgan fingerprint density at radius 1 is 1.19 bits per heavy atom. The maximum atomic E-state index is 13.0. The molecule has 2 unspecified atom stereocenters. The van der Waals surface area contributed by atoms with E-state index in [9.17, 15) is 13.2 Å². The van der Waals surface area contributed by atoms with E-state index >= 15 is 0 Å². The second kappa shape index (κ2) is 7.56. The van der Waals surface area contributed by atoms with Crippen LogP contribution in [-0.2, 0) is 14.8 Å². The van der Waals surface area contributed by atoms with Crippen LogP contribution in [0.5, 0.6) is 11.5 Å². The van der Waals surface area contributed by atoms with Crippen LogP contribution in [0.25, 0.3) is 0 Å². The summed E-state index contributed by atoms with van der Waals surface area (Å²) in [6.07, 6.45) is 1.54. The molecule has 1 fully saturated rings. The fraction of sp³-hybridized carbons (Fsp3) is 0.364. The molecule has 0 saturated carbocycles. The lowest BCUT2D eigenvalue weighted by Gasteiger charge is -2.34. The summed E-state index contributed by atoms with van der Waals surface area (Å²) in [5.41, 5.74) is 1.54. The zero-order valence-electron chi connectivity index (χ0n) is 17.1. The van der Waals surface area contributed by atoms with Gasteiger partial charge in [-0.15, -0.1) is 4.40 Å². The first-order valence-electron chi connectivity index (χ1n) is 10.3. The van der Waals surface area contributed by atoms with Gasteiger partial charge in [-0.25, -0.2) is 0 Å². The molecule has 31 heavy (non-hydrogen) atoms. The average Bonchev–Trinajstić information content (AvgIpc) is 3.35. The van der Waals surface area contributed by atoms with Gasteiger partial charge in [0, 0.05) is 18.7 Å². The highest BCUT2D eigenvalue weighted by atomic mass is 32.2. The van der Waals surface area contributed by atoms with Crippen molar-refractivity contribution in [3.8, 4) is 11.5 Å². The Labute approximate surface area is 180 Å². The Morgan fingerprint density at radius 3 is 2.87 bits per heavy atom. The fourth-order valence-electron chi connectivity index (χ4n) is 4.30. The molecule has 1 amide bonds. The van der Waals surface area contributed by atoms with E-state index < -0.39 is 10.0 Å². The third-order valence-electron chi connectivity index (χ3n) is 5.96. The Bertz CT molecular complexity index is 1180. The van der Waals surface area contributed by atoms with Gasteiger partial charge >= 0.3 is 0 Å². The third-order valence-corrected chi connectivity index (χ3v) is 7.28. The number of ether oxygens (including phenoxy) is 2. The van der Waals surface area contributed by atoms with Crippen molar-refractivity contribution in [2.24, 2.45) is 10.3 Å². The van der Waals surface area contributed by atoms with Crippen LogP contribution < -0.4 is 14.8 Å². The van der Waals surface area contributed by atoms with Crippen molar-refractivity contribution in [3.63, 3.8) is 0 Å². The van der Waals surface area contributed by atoms with Gasteiger partial charge in [0.25, 0.3) is 10.0 Å². The number of fused-ring (bicyclic) bond motifs is 2. The van der Waals surface area contributed by atoms with Gasteiger partial charge in [-0.1, -0.05) is 18.2 Å². The Balaban J connectivity index is 1.29. The largest absolute Gasteiger partial charge is 0.454 e. The highest BCUT2D eigenvalue weighted by Gasteiger charge is 2.35. The van der Waals surface area contributed by atoms with Crippen LogP contribution in [0, 0.1) is 5.92 Å². The summed E-state index contributed by atoms with van der Waals surface area (Å²) in [6.45, 7) is 3.24. The molecule has 0 spiro atoms. The number of hydrogen-bond donors (Lipinski definition) is 1. The van der Waals surface area contributed by atoms with E-state index in [4.69, 9.17) is 9.47 Å². The molecule has 3 aliphatic heterocycles. The number of piperidine rings is 1. The predicted molar refractivity (Wildman–Crippen MR) is 114 cm³/mol. The van der Waals surface area contributed by atoms with Gasteiger partial charge in [-0.3, -0.25) is 4.79 Å². The second-order valence-corrected chi connectivity index (χ2v) is 9.59. The van der Waals surface area contributed by atoms with Crippen LogP contribution in [-0.4, -0.2) is 44.9 Å². The monoisotopic (exact) mass is 441 g/mol. The van der Waals surface area contributed by atoms with Crippen LogP contribution in [0.2, 0.25) is 0 Å². The molecule has 0 aliphatic carbocycles. The molecule has 1 N–H and O–H groups in total. The maximum Gasteiger partial charge on any atom is 0.285 e. The molecule has 0 radical (unpaired) electrons. The van der Waals surface area contributed by atoms with Crippen molar-refractivity contribution >= 4 is 21.8 Å². The summed E-state index contributed by atoms with van der Waals surface area (Å²) in [4.78, 5) is 15.1. The summed E-state index contributed by atoms with van der Waals surface area (Å²) in [5, 5.41) is 3.08. The summed E-state index contributed by atoms with van der Waals surface area (Å²) >= 11 is 0. The number of rotatable bonds is 3. The minimum Gasteiger partial charge on any atom is -0.454 e. The lowest BCUT2D eigenvalue weighted by molar-refractivity contribution is -0.126. The molecule has 2 aromatic rings. The maximum absolute atomic E-state index is 13.0. The fourth-order valence-corrected chi connectivity index (χ4v) is 5.52. The first-order valence-corrected chi connectivity index (χ1v) is 11.8. The van der Waals surface area contributed by atoms with E-state index in [1.165, 1.54) is 0 Å². The molecule has 0 bridgehead atoms. The number of hydrogen-bond acceptors (Lipinski definition) is 6. The number of sulfonamides is 1. The molecule has 3 aliphatic rings. The highest BCUT2D eigenvalue weighted by Crippen LogP contribution is 2.34. The molecule has 5 rings (SSSR count). The Kier molecular flexibility index (Phi) is 4.85. The van der Waals surface area contributed by atoms with Crippen LogP contribution in [0.1, 0.15) is 36.9 Å². The number of amides is 1. The van der Waals surface area contributed by atoms with Gasteiger partial charge in [0.2, 0.25) is 12.7 Å². The summed E-state index contributed by atoms with van der Waals surface area (Å²) in [5.74, 6) is 1.53. The first-order chi connectivity index (χ1) is 14.9. The predicted octanol–water partition coefficient (Wildman–Crippen LogP) is 2.45. The smallest absolute Gasteiger partial charge is 0.285 e. The van der Waals surface area contributed by atoms with Crippen molar-refractivity contribution in [2.75, 3.05) is 19.9 Å². The summed E-state index contributed by atoms with van der Waals surface area (Å²) in [7, 11) is -3.68. The quantitative estimate of drug-likeness (QED) is 0.786. The third kappa shape index (κ3) is 3.63. The van der Waals surface area contributed by atoms with E-state index in [-0.39, 0.29) is 29.6 Å². The highest BCUT2D eigenvalue weighted by molar-refractivity contribution is 7.90. The molecule has 2 atom stereocenters. The number of nitrogens with one attached hydrogen (secondary N) is 1. The molecule has 1 saturated heterocycles. The first kappa shape index (κ1) is 19.9. The van der Waals surface area contributed by atoms with Gasteiger partial charge in [0.15, 0.2) is 17.3 Å². The van der Waals surface area contributed by atoms with Gasteiger partial charge in [0.1, 0.15) is 4.90 Å². The number of nitrogens with zero attached hydrogens (tertiary/aromatic N) is 2. The topological polar surface area (TPSA) is 97.3 Å². The molecule has 0 aromatic heterocycles. The normalized spacial score (nSPS) is 21.9. The Morgan fingerprint density at radius 2 is 2.00 bits per heavy atom. The van der Waals surface area contributed by atoms with Gasteiger partial charge in [-0.2, -0.15) is 8.42 Å². The number of carbonyl (C=O) groups is 1. The van der Waals surface area contributed by atoms with Gasteiger partial charge < -0.3 is 19.7 Å². The van der Waals surface area contributed by atoms with Crippen LogP contribution in [0.15, 0.2) is 51.8 Å². The second-order valence-electron chi connectivity index (χ2n) is 8.01. The average molecular weight is 442 g/mol. The molecular formula is C22H23N3O5S. The number of amidine groups is 1. The summed E-state index contributed by atoms with van der Waals surface area (Å²) < 4.78 is 39.6. The van der Waals surface area contributed by atoms with Gasteiger partial charge in [0.05, 0.1) is 12.0 Å². The van der Waals surface area contributed by atoms with Crippen molar-refractivity contribution < 1.29 is 22.7 Å². The van der Waals surface area contributed by atoms with Crippen molar-refractivity contribution in [1.82, 2.24) is 10.2 Å². The van der Waals surface area contributed by atoms with E-state index in [0.717, 1.165) is 18.4 Å². The minimum absolute atomic E-state index is 0.0513. The molecule has 162 valence electrons. The lowest BCUT2D eigenvalue weighted by Crippen LogP contribution is -2.45. The van der Waals surface area contributed by atoms with Crippen LogP contribution in [0.4, 0.5) is 0 Å². The zero-order valence-corrected chi connectivity index (χ0v) is 17.9. The lowest BCUT2D eigenvalue weighted by atomic mass is 9.95. The van der Waals surface area contributed by atoms with E-state index in [2.05, 4.69) is 9.71 Å². The number of benzene rings is 2. The molecule has 3 heterocycles. The number of carbonyl (C=O) groups excluding carboxylic acids is 1. The molecule has 8 nitrogen and oxygen atoms in total. The van der Waals surface area contributed by atoms with Crippen molar-refractivity contribution in [1.29, 1.82) is 0 Å². The summed E-state index contributed by atoms with van der Waals surface area (Å²) in [6, 6.07) is 12.3. The van der Waals surface area contributed by atoms with E-state index in [0.29, 0.717) is 36.0 Å². The van der Waals surface area contributed by atoms with Crippen LogP contribution in [0.3, 0.4) is 0 Å². The van der Waals surface area contributed by atoms with Crippen LogP contribution >= 0.6 is 0 Å². The van der Waals surface area contributed by atoms with E-state index in [1.807, 2.05) is 30.0 Å². The Hall–Kier alpha value is -3.07. The SMILES string of the molecule is CC(NC(=O)C1CCCN(C2=NS(=O)(=O)c3ccccc32)C1)c1ccc2c(c1)OCO2. The van der Waals surface area contributed by atoms with Gasteiger partial charge in [-0.05, 0) is 49.6 Å². The number of likely N-dealkylation sites (tertiary alicyclic amines) is 1. The molecular weight excluding hydrogens is 418 g/mol. The van der Waals surface area contributed by atoms with E-state index in [1.54, 1.807) is 24.3 Å². The van der Waals surface area contributed by atoms with Crippen molar-refractivity contribution in [3.05, 3.63) is 53.6 Å². The molecule has 9 heteroatoms.